The fourth-order valence-corrected chi connectivity index (χ4v) is 6.03. The summed E-state index contributed by atoms with van der Waals surface area (Å²) in [5.74, 6) is -1.92. The van der Waals surface area contributed by atoms with Gasteiger partial charge >= 0.3 is 0 Å². The smallest absolute Gasteiger partial charge is 0.238 e. The van der Waals surface area contributed by atoms with Crippen molar-refractivity contribution in [3.63, 3.8) is 0 Å². The minimum absolute atomic E-state index is 0.0154. The molecule has 5 rings (SSSR count). The molecular weight excluding hydrogens is 360 g/mol. The number of hydrogen-bond donors (Lipinski definition) is 0. The topological polar surface area (TPSA) is 52.6 Å². The molecular formula is C22H20O4S. The van der Waals surface area contributed by atoms with Gasteiger partial charge < -0.3 is 9.47 Å². The van der Waals surface area contributed by atoms with E-state index in [1.165, 1.54) is 18.9 Å². The summed E-state index contributed by atoms with van der Waals surface area (Å²) in [6.07, 6.45) is 6.52. The van der Waals surface area contributed by atoms with Gasteiger partial charge in [-0.2, -0.15) is 0 Å². The number of Topliss-reactive ketones (excluding diaryl/α,β-unsaturated/α-hetero) is 1. The Bertz CT molecular complexity index is 1010. The number of methoxy groups -OCH3 is 1. The number of carbonyl (C=O) groups excluding carboxylic acids is 2. The number of fused-ring (bicyclic) bond motifs is 3. The third-order valence-corrected chi connectivity index (χ3v) is 7.20. The standard InChI is InChI=1S/C22H20O4S/c1-25-22-18-15(12-26-22)8-5-9-21(18,20(24)27-2)17-11-14-7-4-3-6-13(14)10-16(17)19(22)23/h3-8,10-11,15,18H,9,12H2,1-2H3/t15-,18+,21-,22+/m1/s1. The van der Waals surface area contributed by atoms with Crippen LogP contribution < -0.4 is 0 Å². The van der Waals surface area contributed by atoms with Crippen molar-refractivity contribution in [3.05, 3.63) is 59.7 Å². The number of rotatable bonds is 2. The highest BCUT2D eigenvalue weighted by molar-refractivity contribution is 8.13. The normalized spacial score (nSPS) is 33.8. The Morgan fingerprint density at radius 1 is 1.26 bits per heavy atom. The summed E-state index contributed by atoms with van der Waals surface area (Å²) in [7, 11) is 1.51. The van der Waals surface area contributed by atoms with Gasteiger partial charge in [0.1, 0.15) is 0 Å². The maximum absolute atomic E-state index is 13.6. The van der Waals surface area contributed by atoms with Crippen LogP contribution in [0.2, 0.25) is 0 Å². The lowest BCUT2D eigenvalue weighted by Crippen LogP contribution is -2.62. The predicted molar refractivity (Wildman–Crippen MR) is 105 cm³/mol. The van der Waals surface area contributed by atoms with E-state index in [2.05, 4.69) is 12.2 Å². The molecule has 138 valence electrons. The Balaban J connectivity index is 1.91. The van der Waals surface area contributed by atoms with E-state index in [9.17, 15) is 9.59 Å². The van der Waals surface area contributed by atoms with Crippen LogP contribution >= 0.6 is 11.8 Å². The van der Waals surface area contributed by atoms with Crippen molar-refractivity contribution in [3.8, 4) is 0 Å². The number of hydrogen-bond acceptors (Lipinski definition) is 5. The molecule has 0 unspecified atom stereocenters. The van der Waals surface area contributed by atoms with Crippen molar-refractivity contribution < 1.29 is 19.1 Å². The Kier molecular flexibility index (Phi) is 3.67. The molecule has 1 fully saturated rings. The molecule has 1 saturated heterocycles. The molecule has 0 bridgehead atoms. The second-order valence-corrected chi connectivity index (χ2v) is 8.27. The number of ketones is 1. The molecule has 2 aliphatic carbocycles. The summed E-state index contributed by atoms with van der Waals surface area (Å²) in [6.45, 7) is 0.387. The van der Waals surface area contributed by atoms with Crippen molar-refractivity contribution in [1.82, 2.24) is 0 Å². The highest BCUT2D eigenvalue weighted by atomic mass is 32.2. The quantitative estimate of drug-likeness (QED) is 0.743. The van der Waals surface area contributed by atoms with Crippen LogP contribution in [-0.2, 0) is 19.7 Å². The molecule has 2 aromatic carbocycles. The number of carbonyl (C=O) groups is 2. The first-order valence-corrected chi connectivity index (χ1v) is 10.3. The zero-order chi connectivity index (χ0) is 18.8. The number of ether oxygens (including phenoxy) is 2. The van der Waals surface area contributed by atoms with Crippen LogP contribution in [-0.4, -0.2) is 36.7 Å². The van der Waals surface area contributed by atoms with Crippen molar-refractivity contribution in [2.45, 2.75) is 17.6 Å². The van der Waals surface area contributed by atoms with Gasteiger partial charge in [0, 0.05) is 24.5 Å². The number of allylic oxidation sites excluding steroid dienone is 1. The summed E-state index contributed by atoms with van der Waals surface area (Å²) in [4.78, 5) is 27.0. The van der Waals surface area contributed by atoms with Gasteiger partial charge in [-0.25, -0.2) is 0 Å². The fourth-order valence-electron chi connectivity index (χ4n) is 5.35. The molecule has 1 aliphatic heterocycles. The first-order chi connectivity index (χ1) is 13.1. The Labute approximate surface area is 161 Å². The van der Waals surface area contributed by atoms with Crippen LogP contribution in [0.1, 0.15) is 22.3 Å². The van der Waals surface area contributed by atoms with Crippen LogP contribution in [0.4, 0.5) is 0 Å². The molecule has 4 nitrogen and oxygen atoms in total. The Hall–Kier alpha value is -1.95. The van der Waals surface area contributed by atoms with Gasteiger partial charge in [0.25, 0.3) is 0 Å². The SMILES string of the molecule is CO[C@@]12OC[C@H]3C=CC[C@@](C(=O)SC)(c4cc5ccccc5cc4C1=O)[C@H]32. The maximum Gasteiger partial charge on any atom is 0.238 e. The van der Waals surface area contributed by atoms with E-state index in [1.807, 2.05) is 42.7 Å². The third kappa shape index (κ3) is 1.97. The lowest BCUT2D eigenvalue weighted by atomic mass is 9.54. The number of thioether (sulfide) groups is 1. The molecule has 5 heteroatoms. The lowest BCUT2D eigenvalue weighted by molar-refractivity contribution is -0.192. The maximum atomic E-state index is 13.6. The highest BCUT2D eigenvalue weighted by Gasteiger charge is 2.70. The van der Waals surface area contributed by atoms with Gasteiger partial charge in [0.2, 0.25) is 11.6 Å². The first-order valence-electron chi connectivity index (χ1n) is 9.11. The largest absolute Gasteiger partial charge is 0.346 e. The Morgan fingerprint density at radius 3 is 2.70 bits per heavy atom. The fraction of sp³-hybridized carbons (Fsp3) is 0.364. The van der Waals surface area contributed by atoms with Crippen LogP contribution in [0.15, 0.2) is 48.6 Å². The minimum atomic E-state index is -1.39. The zero-order valence-electron chi connectivity index (χ0n) is 15.2. The highest BCUT2D eigenvalue weighted by Crippen LogP contribution is 2.60. The van der Waals surface area contributed by atoms with Gasteiger partial charge in [-0.05, 0) is 41.1 Å². The van der Waals surface area contributed by atoms with Gasteiger partial charge in [0.15, 0.2) is 5.12 Å². The van der Waals surface area contributed by atoms with E-state index < -0.39 is 11.2 Å². The molecule has 1 heterocycles. The molecule has 0 aromatic heterocycles. The van der Waals surface area contributed by atoms with Gasteiger partial charge in [-0.15, -0.1) is 0 Å². The zero-order valence-corrected chi connectivity index (χ0v) is 16.0. The van der Waals surface area contributed by atoms with Gasteiger partial charge in [-0.1, -0.05) is 48.2 Å². The van der Waals surface area contributed by atoms with Gasteiger partial charge in [0.05, 0.1) is 12.0 Å². The van der Waals surface area contributed by atoms with Crippen molar-refractivity contribution in [2.75, 3.05) is 20.0 Å². The van der Waals surface area contributed by atoms with Crippen molar-refractivity contribution >= 4 is 33.4 Å². The average Bonchev–Trinajstić information content (AvgIpc) is 3.11. The van der Waals surface area contributed by atoms with E-state index in [0.717, 1.165) is 16.3 Å². The first kappa shape index (κ1) is 17.2. The average molecular weight is 380 g/mol. The summed E-state index contributed by atoms with van der Waals surface area (Å²) in [6, 6.07) is 11.9. The molecule has 27 heavy (non-hydrogen) atoms. The molecule has 3 aliphatic rings. The molecule has 0 N–H and O–H groups in total. The number of benzene rings is 2. The molecule has 4 atom stereocenters. The summed E-state index contributed by atoms with van der Waals surface area (Å²) in [5.41, 5.74) is 0.548. The molecule has 0 radical (unpaired) electrons. The van der Waals surface area contributed by atoms with Crippen LogP contribution in [0, 0.1) is 11.8 Å². The monoisotopic (exact) mass is 380 g/mol. The second-order valence-electron chi connectivity index (χ2n) is 7.49. The second kappa shape index (κ2) is 5.77. The summed E-state index contributed by atoms with van der Waals surface area (Å²) < 4.78 is 11.8. The molecule has 0 spiro atoms. The predicted octanol–water partition coefficient (Wildman–Crippen LogP) is 3.73. The minimum Gasteiger partial charge on any atom is -0.346 e. The lowest BCUT2D eigenvalue weighted by Gasteiger charge is -2.50. The van der Waals surface area contributed by atoms with Crippen molar-refractivity contribution in [1.29, 1.82) is 0 Å². The van der Waals surface area contributed by atoms with E-state index in [-0.39, 0.29) is 22.7 Å². The van der Waals surface area contributed by atoms with Gasteiger partial charge in [-0.3, -0.25) is 9.59 Å². The van der Waals surface area contributed by atoms with Crippen LogP contribution in [0.5, 0.6) is 0 Å². The molecule has 0 amide bonds. The van der Waals surface area contributed by atoms with Crippen LogP contribution in [0.3, 0.4) is 0 Å². The van der Waals surface area contributed by atoms with E-state index >= 15 is 0 Å². The van der Waals surface area contributed by atoms with E-state index in [4.69, 9.17) is 9.47 Å². The molecule has 0 saturated carbocycles. The summed E-state index contributed by atoms with van der Waals surface area (Å²) >= 11 is 1.22. The van der Waals surface area contributed by atoms with Crippen LogP contribution in [0.25, 0.3) is 10.8 Å². The summed E-state index contributed by atoms with van der Waals surface area (Å²) in [5, 5.41) is 2.08. The third-order valence-electron chi connectivity index (χ3n) is 6.46. The molecule has 2 aromatic rings. The van der Waals surface area contributed by atoms with Crippen molar-refractivity contribution in [2.24, 2.45) is 11.8 Å². The van der Waals surface area contributed by atoms with E-state index in [0.29, 0.717) is 18.6 Å². The Morgan fingerprint density at radius 2 is 2.00 bits per heavy atom. The van der Waals surface area contributed by atoms with E-state index in [1.54, 1.807) is 0 Å².